The van der Waals surface area contributed by atoms with E-state index in [1.165, 1.54) is 6.92 Å². The number of esters is 7. The number of amides is 1. The lowest BCUT2D eigenvalue weighted by atomic mass is 9.96. The van der Waals surface area contributed by atoms with E-state index in [2.05, 4.69) is 5.32 Å². The third-order valence-corrected chi connectivity index (χ3v) is 8.92. The molecule has 0 aromatic rings. The molecule has 53 heavy (non-hydrogen) atoms. The Morgan fingerprint density at radius 1 is 0.547 bits per heavy atom. The number of thioether (sulfide) groups is 1. The fourth-order valence-electron chi connectivity index (χ4n) is 5.13. The number of carbonyl (C=O) groups excluding carboxylic acids is 8. The van der Waals surface area contributed by atoms with Gasteiger partial charge in [-0.25, -0.2) is 0 Å². The molecule has 0 saturated carbocycles. The Morgan fingerprint density at radius 3 is 1.49 bits per heavy atom. The van der Waals surface area contributed by atoms with Crippen LogP contribution in [0.5, 0.6) is 0 Å². The zero-order valence-corrected chi connectivity index (χ0v) is 32.9. The van der Waals surface area contributed by atoms with Crippen LogP contribution in [0.1, 0.15) is 83.1 Å². The molecule has 300 valence electrons. The lowest BCUT2D eigenvalue weighted by Gasteiger charge is -2.49. The highest BCUT2D eigenvalue weighted by atomic mass is 32.2. The summed E-state index contributed by atoms with van der Waals surface area (Å²) >= 11 is 0.799. The smallest absolute Gasteiger partial charge is 0.313 e. The molecule has 19 heteroatoms. The van der Waals surface area contributed by atoms with Crippen molar-refractivity contribution in [1.82, 2.24) is 5.32 Å². The van der Waals surface area contributed by atoms with Gasteiger partial charge in [0.15, 0.2) is 18.3 Å². The zero-order valence-electron chi connectivity index (χ0n) is 32.0. The van der Waals surface area contributed by atoms with E-state index in [9.17, 15) is 38.4 Å². The second kappa shape index (κ2) is 18.9. The standard InChI is InChI=1S/C34H51NO17S/c1-15(36)35-23-25(47-18(4)39)28(22(14-45-31(42)33(7,8)9)50-29(23)52-32(43)34(10,11)12)53-30-27(49-20(6)41)26(48-19(5)40)24(46-17(3)38)21(51-30)13-44-16(2)37/h21-30H,13-14H2,1-12H3,(H,35,36)/t21-,22-,23-,24-,25-,26+,27-,28+,29+,30+/m1/s1. The Morgan fingerprint density at radius 2 is 1.02 bits per heavy atom. The summed E-state index contributed by atoms with van der Waals surface area (Å²) in [7, 11) is 0. The highest BCUT2D eigenvalue weighted by molar-refractivity contribution is 8.00. The molecule has 2 aliphatic heterocycles. The van der Waals surface area contributed by atoms with E-state index in [4.69, 9.17) is 42.6 Å². The minimum absolute atomic E-state index is 0.507. The fraction of sp³-hybridized carbons (Fsp3) is 0.765. The normalized spacial score (nSPS) is 28.7. The highest BCUT2D eigenvalue weighted by Gasteiger charge is 2.57. The van der Waals surface area contributed by atoms with Gasteiger partial charge in [0.25, 0.3) is 0 Å². The van der Waals surface area contributed by atoms with E-state index < -0.39 is 131 Å². The quantitative estimate of drug-likeness (QED) is 0.219. The number of rotatable bonds is 12. The first kappa shape index (κ1) is 45.2. The van der Waals surface area contributed by atoms with Crippen LogP contribution >= 0.6 is 11.8 Å². The van der Waals surface area contributed by atoms with E-state index in [-0.39, 0.29) is 0 Å². The molecule has 0 bridgehead atoms. The maximum Gasteiger partial charge on any atom is 0.313 e. The van der Waals surface area contributed by atoms with Crippen molar-refractivity contribution >= 4 is 59.5 Å². The van der Waals surface area contributed by atoms with Crippen LogP contribution in [-0.4, -0.2) is 121 Å². The molecular formula is C34H51NO17S. The maximum absolute atomic E-state index is 13.1. The van der Waals surface area contributed by atoms with Crippen molar-refractivity contribution in [3.05, 3.63) is 0 Å². The van der Waals surface area contributed by atoms with Crippen molar-refractivity contribution in [3.8, 4) is 0 Å². The van der Waals surface area contributed by atoms with Crippen LogP contribution in [0.4, 0.5) is 0 Å². The largest absolute Gasteiger partial charge is 0.463 e. The summed E-state index contributed by atoms with van der Waals surface area (Å²) in [6, 6.07) is -1.36. The molecule has 18 nitrogen and oxygen atoms in total. The average Bonchev–Trinajstić information content (AvgIpc) is 2.98. The summed E-state index contributed by atoms with van der Waals surface area (Å²) in [6.07, 6.45) is -10.1. The van der Waals surface area contributed by atoms with Crippen LogP contribution in [-0.2, 0) is 81.0 Å². The Kier molecular flexibility index (Phi) is 16.1. The second-order valence-electron chi connectivity index (χ2n) is 14.5. The molecule has 2 rings (SSSR count). The van der Waals surface area contributed by atoms with Crippen LogP contribution in [0.25, 0.3) is 0 Å². The molecule has 1 amide bonds. The van der Waals surface area contributed by atoms with E-state index in [1.54, 1.807) is 41.5 Å². The Labute approximate surface area is 312 Å². The second-order valence-corrected chi connectivity index (χ2v) is 15.8. The molecule has 2 fully saturated rings. The first-order valence-corrected chi connectivity index (χ1v) is 17.7. The lowest BCUT2D eigenvalue weighted by Crippen LogP contribution is -2.67. The summed E-state index contributed by atoms with van der Waals surface area (Å²) in [5, 5.41) is 1.42. The van der Waals surface area contributed by atoms with Gasteiger partial charge < -0.3 is 47.9 Å². The zero-order chi connectivity index (χ0) is 40.6. The monoisotopic (exact) mass is 777 g/mol. The Balaban J connectivity index is 2.82. The van der Waals surface area contributed by atoms with Crippen LogP contribution in [0.15, 0.2) is 0 Å². The van der Waals surface area contributed by atoms with Crippen LogP contribution in [0.3, 0.4) is 0 Å². The van der Waals surface area contributed by atoms with Crippen molar-refractivity contribution in [2.24, 2.45) is 10.8 Å². The van der Waals surface area contributed by atoms with Crippen LogP contribution in [0, 0.1) is 10.8 Å². The predicted octanol–water partition coefficient (Wildman–Crippen LogP) is 1.51. The van der Waals surface area contributed by atoms with Gasteiger partial charge in [-0.15, -0.1) is 11.8 Å². The SMILES string of the molecule is CC(=O)N[C@H]1[C@H](OC(=O)C(C)(C)C)O[C@H](COC(=O)C(C)(C)C)[C@H](S[C@@H]2O[C@H](COC(C)=O)[C@@H](OC(C)=O)[C@H](OC(C)=O)[C@H]2OC(C)=O)[C@@H]1OC(C)=O. The van der Waals surface area contributed by atoms with Crippen LogP contribution < -0.4 is 5.32 Å². The van der Waals surface area contributed by atoms with Gasteiger partial charge in [0.2, 0.25) is 12.2 Å². The summed E-state index contributed by atoms with van der Waals surface area (Å²) in [4.78, 5) is 100. The van der Waals surface area contributed by atoms with Crippen molar-refractivity contribution in [1.29, 1.82) is 0 Å². The van der Waals surface area contributed by atoms with Gasteiger partial charge in [0.1, 0.15) is 43.0 Å². The van der Waals surface area contributed by atoms with Gasteiger partial charge in [-0.05, 0) is 41.5 Å². The molecule has 0 aromatic carbocycles. The van der Waals surface area contributed by atoms with E-state index in [1.807, 2.05) is 0 Å². The number of ether oxygens (including phenoxy) is 9. The predicted molar refractivity (Wildman–Crippen MR) is 181 cm³/mol. The fourth-order valence-corrected chi connectivity index (χ4v) is 6.71. The van der Waals surface area contributed by atoms with Crippen molar-refractivity contribution in [3.63, 3.8) is 0 Å². The lowest BCUT2D eigenvalue weighted by molar-refractivity contribution is -0.243. The molecule has 0 aliphatic carbocycles. The highest BCUT2D eigenvalue weighted by Crippen LogP contribution is 2.42. The Bertz CT molecular complexity index is 1390. The molecule has 2 heterocycles. The molecule has 2 aliphatic rings. The van der Waals surface area contributed by atoms with Crippen molar-refractivity contribution in [2.45, 2.75) is 143 Å². The van der Waals surface area contributed by atoms with Gasteiger partial charge in [-0.3, -0.25) is 38.4 Å². The van der Waals surface area contributed by atoms with Crippen molar-refractivity contribution < 1.29 is 81.0 Å². The number of hydrogen-bond donors (Lipinski definition) is 1. The average molecular weight is 778 g/mol. The topological polar surface area (TPSA) is 232 Å². The third kappa shape index (κ3) is 13.7. The molecule has 0 spiro atoms. The molecule has 1 N–H and O–H groups in total. The van der Waals surface area contributed by atoms with Gasteiger partial charge in [-0.1, -0.05) is 0 Å². The maximum atomic E-state index is 13.1. The molecule has 0 unspecified atom stereocenters. The first-order chi connectivity index (χ1) is 24.3. The molecule has 10 atom stereocenters. The molecular weight excluding hydrogens is 726 g/mol. The van der Waals surface area contributed by atoms with Gasteiger partial charge in [0, 0.05) is 41.5 Å². The van der Waals surface area contributed by atoms with Gasteiger partial charge in [-0.2, -0.15) is 0 Å². The number of hydrogen-bond acceptors (Lipinski definition) is 18. The Hall–Kier alpha value is -3.97. The third-order valence-electron chi connectivity index (χ3n) is 7.38. The number of nitrogens with one attached hydrogen (secondary N) is 1. The summed E-state index contributed by atoms with van der Waals surface area (Å²) in [5.41, 5.74) is -3.42. The summed E-state index contributed by atoms with van der Waals surface area (Å²) < 4.78 is 51.4. The minimum atomic E-state index is -1.58. The molecule has 0 aromatic heterocycles. The van der Waals surface area contributed by atoms with E-state index >= 15 is 0 Å². The van der Waals surface area contributed by atoms with Gasteiger partial charge in [0.05, 0.1) is 16.1 Å². The molecule has 0 radical (unpaired) electrons. The minimum Gasteiger partial charge on any atom is -0.463 e. The van der Waals surface area contributed by atoms with Crippen LogP contribution in [0.2, 0.25) is 0 Å². The summed E-state index contributed by atoms with van der Waals surface area (Å²) in [5.74, 6) is -6.12. The van der Waals surface area contributed by atoms with E-state index in [0.29, 0.717) is 0 Å². The number of carbonyl (C=O) groups is 8. The summed E-state index contributed by atoms with van der Waals surface area (Å²) in [6.45, 7) is 15.2. The van der Waals surface area contributed by atoms with E-state index in [0.717, 1.165) is 46.4 Å². The first-order valence-electron chi connectivity index (χ1n) is 16.8. The van der Waals surface area contributed by atoms with Gasteiger partial charge >= 0.3 is 41.8 Å². The van der Waals surface area contributed by atoms with Crippen molar-refractivity contribution in [2.75, 3.05) is 13.2 Å². The molecule has 2 saturated heterocycles.